The average Bonchev–Trinajstić information content (AvgIpc) is 1.37. The summed E-state index contributed by atoms with van der Waals surface area (Å²) < 4.78 is 0. The zero-order valence-electron chi connectivity index (χ0n) is 4.41. The van der Waals surface area contributed by atoms with Crippen molar-refractivity contribution in [3.05, 3.63) is 11.8 Å². The van der Waals surface area contributed by atoms with E-state index in [9.17, 15) is 0 Å². The van der Waals surface area contributed by atoms with Gasteiger partial charge in [0.05, 0.1) is 0 Å². The molecular weight excluding hydrogens is 226 g/mol. The van der Waals surface area contributed by atoms with Crippen LogP contribution in [0.15, 0.2) is 11.8 Å². The Labute approximate surface area is 79.5 Å². The summed E-state index contributed by atoms with van der Waals surface area (Å²) in [5.74, 6) is 0. The Morgan fingerprint density at radius 3 is 1.43 bits per heavy atom. The third-order valence-corrected chi connectivity index (χ3v) is 1.00. The molecule has 4 heteroatoms. The molecule has 0 aromatic carbocycles. The maximum Gasteiger partial charge on any atom is 2.00 e. The van der Waals surface area contributed by atoms with Crippen molar-refractivity contribution in [2.75, 3.05) is 0 Å². The van der Waals surface area contributed by atoms with Gasteiger partial charge in [0.2, 0.25) is 0 Å². The zero-order chi connectivity index (χ0) is 3.41. The first-order valence-electron chi connectivity index (χ1n) is 1.49. The third-order valence-electron chi connectivity index (χ3n) is 0.333. The molecule has 0 rings (SSSR count). The van der Waals surface area contributed by atoms with Gasteiger partial charge in [0.15, 0.2) is 0 Å². The van der Waals surface area contributed by atoms with Crippen molar-refractivity contribution in [2.45, 2.75) is 6.92 Å². The van der Waals surface area contributed by atoms with Crippen LogP contribution in [0.2, 0.25) is 0 Å². The Balaban J connectivity index is -0.0000000150. The van der Waals surface area contributed by atoms with E-state index in [1.165, 1.54) is 10.2 Å². The standard InChI is InChI=1S/C3H8Si.2ClH.Zr/c1-2-3-4;;;/h2-3H,1,4H3;2*1H;/q;;;+2/p-2. The quantitative estimate of drug-likeness (QED) is 0.366. The average molecular weight is 234 g/mol. The summed E-state index contributed by atoms with van der Waals surface area (Å²) in [5, 5.41) is 0. The summed E-state index contributed by atoms with van der Waals surface area (Å²) >= 11 is 0. The molecule has 0 aliphatic rings. The first-order valence-corrected chi connectivity index (χ1v) is 2.64. The first kappa shape index (κ1) is 23.7. The fourth-order valence-corrected chi connectivity index (χ4v) is 0. The molecular formula is C3H8Cl2SiZr. The largest absolute Gasteiger partial charge is 2.00 e. The van der Waals surface area contributed by atoms with Crippen LogP contribution in [0.25, 0.3) is 0 Å². The van der Waals surface area contributed by atoms with E-state index in [0.29, 0.717) is 0 Å². The van der Waals surface area contributed by atoms with E-state index < -0.39 is 0 Å². The topological polar surface area (TPSA) is 0 Å². The number of hydrogen-bond donors (Lipinski definition) is 0. The summed E-state index contributed by atoms with van der Waals surface area (Å²) in [6.07, 6.45) is 2.06. The second kappa shape index (κ2) is 26.1. The van der Waals surface area contributed by atoms with Crippen molar-refractivity contribution in [2.24, 2.45) is 0 Å². The maximum absolute atomic E-state index is 2.14. The van der Waals surface area contributed by atoms with Gasteiger partial charge < -0.3 is 24.8 Å². The summed E-state index contributed by atoms with van der Waals surface area (Å²) in [4.78, 5) is 0. The van der Waals surface area contributed by atoms with E-state index in [0.717, 1.165) is 0 Å². The van der Waals surface area contributed by atoms with Crippen LogP contribution < -0.4 is 24.8 Å². The van der Waals surface area contributed by atoms with Gasteiger partial charge in [0.1, 0.15) is 0 Å². The van der Waals surface area contributed by atoms with Gasteiger partial charge in [-0.1, -0.05) is 6.08 Å². The van der Waals surface area contributed by atoms with Crippen LogP contribution in [0.4, 0.5) is 0 Å². The van der Waals surface area contributed by atoms with Crippen LogP contribution in [0.3, 0.4) is 0 Å². The number of halogens is 2. The van der Waals surface area contributed by atoms with Crippen LogP contribution >= 0.6 is 0 Å². The van der Waals surface area contributed by atoms with E-state index in [1.807, 2.05) is 6.92 Å². The fraction of sp³-hybridized carbons (Fsp3) is 0.333. The normalized spacial score (nSPS) is 5.86. The zero-order valence-corrected chi connectivity index (χ0v) is 10.4. The van der Waals surface area contributed by atoms with E-state index in [1.54, 1.807) is 0 Å². The monoisotopic (exact) mass is 232 g/mol. The van der Waals surface area contributed by atoms with Crippen LogP contribution in [0.1, 0.15) is 6.92 Å². The van der Waals surface area contributed by atoms with Crippen LogP contribution in [0, 0.1) is 0 Å². The summed E-state index contributed by atoms with van der Waals surface area (Å²) in [5.41, 5.74) is 2.14. The van der Waals surface area contributed by atoms with Crippen LogP contribution in [-0.4, -0.2) is 10.2 Å². The molecule has 0 heterocycles. The molecule has 0 spiro atoms. The minimum Gasteiger partial charge on any atom is -1.00 e. The van der Waals surface area contributed by atoms with Gasteiger partial charge in [-0.15, -0.1) is 5.70 Å². The van der Waals surface area contributed by atoms with Crippen LogP contribution in [0.5, 0.6) is 0 Å². The van der Waals surface area contributed by atoms with Gasteiger partial charge in [-0.25, -0.2) is 0 Å². The Kier molecular flexibility index (Phi) is 88.6. The molecule has 0 fully saturated rings. The van der Waals surface area contributed by atoms with E-state index >= 15 is 0 Å². The molecule has 0 saturated heterocycles. The SMILES string of the molecule is CC=C[SiH3].[Cl-].[Cl-].[Zr+2]. The summed E-state index contributed by atoms with van der Waals surface area (Å²) in [6, 6.07) is 0. The fourth-order valence-electron chi connectivity index (χ4n) is 0. The summed E-state index contributed by atoms with van der Waals surface area (Å²) in [6.45, 7) is 2.03. The van der Waals surface area contributed by atoms with Gasteiger partial charge in [-0.3, -0.25) is 0 Å². The summed E-state index contributed by atoms with van der Waals surface area (Å²) in [7, 11) is 1.21. The van der Waals surface area contributed by atoms with E-state index in [-0.39, 0.29) is 51.0 Å². The maximum atomic E-state index is 2.14. The molecule has 0 atom stereocenters. The van der Waals surface area contributed by atoms with Crippen molar-refractivity contribution in [1.82, 2.24) is 0 Å². The van der Waals surface area contributed by atoms with E-state index in [4.69, 9.17) is 0 Å². The molecule has 0 nitrogen and oxygen atoms in total. The van der Waals surface area contributed by atoms with Crippen molar-refractivity contribution in [3.63, 3.8) is 0 Å². The number of rotatable bonds is 0. The third kappa shape index (κ3) is 37.2. The van der Waals surface area contributed by atoms with Gasteiger partial charge in [-0.05, 0) is 6.92 Å². The van der Waals surface area contributed by atoms with Crippen LogP contribution in [-0.2, 0) is 26.2 Å². The molecule has 0 aromatic rings. The number of hydrogen-bond acceptors (Lipinski definition) is 0. The minimum absolute atomic E-state index is 0. The Morgan fingerprint density at radius 2 is 1.43 bits per heavy atom. The smallest absolute Gasteiger partial charge is 1.00 e. The molecule has 0 saturated carbocycles. The Morgan fingerprint density at radius 1 is 1.29 bits per heavy atom. The molecule has 42 valence electrons. The predicted octanol–water partition coefficient (Wildman–Crippen LogP) is -6.11. The van der Waals surface area contributed by atoms with Crippen molar-refractivity contribution < 1.29 is 51.0 Å². The molecule has 0 aliphatic carbocycles. The van der Waals surface area contributed by atoms with Gasteiger partial charge in [-0.2, -0.15) is 0 Å². The molecule has 0 unspecified atom stereocenters. The first-order chi connectivity index (χ1) is 1.91. The molecule has 0 amide bonds. The Bertz CT molecular complexity index is 28.1. The molecule has 0 radical (unpaired) electrons. The van der Waals surface area contributed by atoms with Gasteiger partial charge in [0.25, 0.3) is 0 Å². The van der Waals surface area contributed by atoms with Gasteiger partial charge in [0, 0.05) is 10.2 Å². The van der Waals surface area contributed by atoms with E-state index in [2.05, 4.69) is 11.8 Å². The van der Waals surface area contributed by atoms with Crippen molar-refractivity contribution in [3.8, 4) is 0 Å². The second-order valence-corrected chi connectivity index (χ2v) is 1.33. The molecule has 0 aromatic heterocycles. The molecule has 0 N–H and O–H groups in total. The molecule has 0 bridgehead atoms. The Hall–Kier alpha value is 1.42. The molecule has 0 aliphatic heterocycles. The van der Waals surface area contributed by atoms with Crippen molar-refractivity contribution >= 4 is 10.2 Å². The number of allylic oxidation sites excluding steroid dienone is 1. The molecule has 7 heavy (non-hydrogen) atoms. The van der Waals surface area contributed by atoms with Gasteiger partial charge >= 0.3 is 26.2 Å². The minimum atomic E-state index is 0. The predicted molar refractivity (Wildman–Crippen MR) is 24.8 cm³/mol. The second-order valence-electron chi connectivity index (χ2n) is 0.667. The van der Waals surface area contributed by atoms with Crippen molar-refractivity contribution in [1.29, 1.82) is 0 Å².